The highest BCUT2D eigenvalue weighted by Gasteiger charge is 2.23. The summed E-state index contributed by atoms with van der Waals surface area (Å²) in [4.78, 5) is 13.9. The third kappa shape index (κ3) is 3.16. The van der Waals surface area contributed by atoms with Gasteiger partial charge in [0, 0.05) is 11.8 Å². The maximum absolute atomic E-state index is 11.4. The molecule has 0 saturated heterocycles. The number of hydrogen-bond donors (Lipinski definition) is 1. The highest BCUT2D eigenvalue weighted by Crippen LogP contribution is 2.28. The van der Waals surface area contributed by atoms with Crippen LogP contribution in [0, 0.1) is 10.1 Å². The van der Waals surface area contributed by atoms with E-state index < -0.39 is 14.8 Å². The number of rotatable bonds is 5. The Morgan fingerprint density at radius 1 is 1.50 bits per heavy atom. The molecule has 0 saturated carbocycles. The average molecular weight is 273 g/mol. The average Bonchev–Trinajstić information content (AvgIpc) is 2.23. The first-order valence-corrected chi connectivity index (χ1v) is 7.30. The Morgan fingerprint density at radius 3 is 2.56 bits per heavy atom. The number of aryl methyl sites for hydroxylation is 1. The van der Waals surface area contributed by atoms with Gasteiger partial charge in [-0.05, 0) is 18.9 Å². The molecule has 2 N–H and O–H groups in total. The molecule has 18 heavy (non-hydrogen) atoms. The first-order chi connectivity index (χ1) is 8.27. The second-order valence-corrected chi connectivity index (χ2v) is 5.95. The van der Waals surface area contributed by atoms with E-state index in [1.807, 2.05) is 6.92 Å². The van der Waals surface area contributed by atoms with Gasteiger partial charge in [0.25, 0.3) is 0 Å². The largest absolute Gasteiger partial charge is 0.378 e. The number of sulfone groups is 1. The summed E-state index contributed by atoms with van der Waals surface area (Å²) in [5.41, 5.74) is 5.49. The van der Waals surface area contributed by atoms with Gasteiger partial charge in [0.15, 0.2) is 14.9 Å². The van der Waals surface area contributed by atoms with Crippen molar-refractivity contribution in [2.75, 3.05) is 12.0 Å². The zero-order chi connectivity index (χ0) is 13.9. The first-order valence-electron chi connectivity index (χ1n) is 5.41. The lowest BCUT2D eigenvalue weighted by molar-refractivity contribution is -0.384. The van der Waals surface area contributed by atoms with Crippen molar-refractivity contribution >= 4 is 21.3 Å². The quantitative estimate of drug-likeness (QED) is 0.638. The fraction of sp³-hybridized carbons (Fsp3) is 0.500. The molecular weight excluding hydrogens is 258 g/mol. The number of nitro groups is 1. The van der Waals surface area contributed by atoms with E-state index in [2.05, 4.69) is 4.98 Å². The van der Waals surface area contributed by atoms with Crippen molar-refractivity contribution < 1.29 is 13.3 Å². The molecule has 0 spiro atoms. The first kappa shape index (κ1) is 14.4. The van der Waals surface area contributed by atoms with E-state index in [0.717, 1.165) is 12.7 Å². The molecule has 1 rings (SSSR count). The Bertz CT molecular complexity index is 569. The highest BCUT2D eigenvalue weighted by molar-refractivity contribution is 7.90. The SMILES string of the molecule is CCCCc1cc(S(C)(=O)=O)nc(N)c1[N+](=O)[O-]. The fourth-order valence-electron chi connectivity index (χ4n) is 1.54. The molecular formula is C10H15N3O4S. The molecule has 100 valence electrons. The molecule has 0 fully saturated rings. The molecule has 0 amide bonds. The van der Waals surface area contributed by atoms with Crippen molar-refractivity contribution in [2.24, 2.45) is 0 Å². The van der Waals surface area contributed by atoms with Crippen molar-refractivity contribution in [3.63, 3.8) is 0 Å². The number of nitrogen functional groups attached to an aromatic ring is 1. The molecule has 0 radical (unpaired) electrons. The van der Waals surface area contributed by atoms with Crippen LogP contribution in [0.1, 0.15) is 25.3 Å². The zero-order valence-corrected chi connectivity index (χ0v) is 11.0. The van der Waals surface area contributed by atoms with E-state index in [1.54, 1.807) is 0 Å². The third-order valence-corrected chi connectivity index (χ3v) is 3.41. The van der Waals surface area contributed by atoms with E-state index in [9.17, 15) is 18.5 Å². The van der Waals surface area contributed by atoms with Crippen LogP contribution in [-0.4, -0.2) is 24.6 Å². The van der Waals surface area contributed by atoms with Gasteiger partial charge >= 0.3 is 5.69 Å². The number of unbranched alkanes of at least 4 members (excludes halogenated alkanes) is 1. The highest BCUT2D eigenvalue weighted by atomic mass is 32.2. The maximum Gasteiger partial charge on any atom is 0.314 e. The van der Waals surface area contributed by atoms with Crippen LogP contribution in [0.5, 0.6) is 0 Å². The van der Waals surface area contributed by atoms with Gasteiger partial charge < -0.3 is 5.73 Å². The number of pyridine rings is 1. The Morgan fingerprint density at radius 2 is 2.11 bits per heavy atom. The predicted molar refractivity (Wildman–Crippen MR) is 67.0 cm³/mol. The molecule has 0 bridgehead atoms. The van der Waals surface area contributed by atoms with Crippen LogP contribution < -0.4 is 5.73 Å². The number of nitrogens with two attached hydrogens (primary N) is 1. The molecule has 0 aliphatic heterocycles. The molecule has 0 aromatic carbocycles. The minimum Gasteiger partial charge on any atom is -0.378 e. The van der Waals surface area contributed by atoms with E-state index in [-0.39, 0.29) is 16.5 Å². The summed E-state index contributed by atoms with van der Waals surface area (Å²) in [5.74, 6) is -0.353. The van der Waals surface area contributed by atoms with Crippen molar-refractivity contribution in [1.82, 2.24) is 4.98 Å². The van der Waals surface area contributed by atoms with E-state index in [1.165, 1.54) is 6.07 Å². The van der Waals surface area contributed by atoms with Crippen LogP contribution in [0.15, 0.2) is 11.1 Å². The van der Waals surface area contributed by atoms with Gasteiger partial charge in [-0.3, -0.25) is 10.1 Å². The number of aromatic nitrogens is 1. The van der Waals surface area contributed by atoms with Crippen molar-refractivity contribution in [2.45, 2.75) is 31.2 Å². The summed E-state index contributed by atoms with van der Waals surface area (Å²) in [5, 5.41) is 10.7. The zero-order valence-electron chi connectivity index (χ0n) is 10.2. The molecule has 7 nitrogen and oxygen atoms in total. The van der Waals surface area contributed by atoms with Crippen LogP contribution in [0.3, 0.4) is 0 Å². The van der Waals surface area contributed by atoms with E-state index >= 15 is 0 Å². The summed E-state index contributed by atoms with van der Waals surface area (Å²) in [6.45, 7) is 1.94. The Labute approximate surface area is 105 Å². The molecule has 1 heterocycles. The summed E-state index contributed by atoms with van der Waals surface area (Å²) in [6.07, 6.45) is 2.95. The maximum atomic E-state index is 11.4. The summed E-state index contributed by atoms with van der Waals surface area (Å²) < 4.78 is 22.8. The van der Waals surface area contributed by atoms with Crippen LogP contribution >= 0.6 is 0 Å². The standard InChI is InChI=1S/C10H15N3O4S/c1-3-4-5-7-6-8(18(2,16)17)12-10(11)9(7)13(14)15/h6H,3-5H2,1-2H3,(H2,11,12). The van der Waals surface area contributed by atoms with Crippen molar-refractivity contribution in [3.05, 3.63) is 21.7 Å². The van der Waals surface area contributed by atoms with Crippen LogP contribution in [-0.2, 0) is 16.3 Å². The van der Waals surface area contributed by atoms with Crippen LogP contribution in [0.2, 0.25) is 0 Å². The second-order valence-electron chi connectivity index (χ2n) is 3.99. The topological polar surface area (TPSA) is 116 Å². The Hall–Kier alpha value is -1.70. The molecule has 1 aromatic heterocycles. The second kappa shape index (κ2) is 5.30. The lowest BCUT2D eigenvalue weighted by atomic mass is 10.1. The third-order valence-electron chi connectivity index (χ3n) is 2.44. The molecule has 0 aliphatic carbocycles. The predicted octanol–water partition coefficient (Wildman–Crippen LogP) is 1.32. The lowest BCUT2D eigenvalue weighted by Gasteiger charge is -2.06. The number of nitrogens with zero attached hydrogens (tertiary/aromatic N) is 2. The van der Waals surface area contributed by atoms with E-state index in [4.69, 9.17) is 5.73 Å². The minimum atomic E-state index is -3.53. The summed E-state index contributed by atoms with van der Waals surface area (Å²) >= 11 is 0. The monoisotopic (exact) mass is 273 g/mol. The van der Waals surface area contributed by atoms with Gasteiger partial charge in [0.1, 0.15) is 0 Å². The lowest BCUT2D eigenvalue weighted by Crippen LogP contribution is -2.09. The van der Waals surface area contributed by atoms with Gasteiger partial charge in [-0.15, -0.1) is 0 Å². The van der Waals surface area contributed by atoms with Crippen molar-refractivity contribution in [3.8, 4) is 0 Å². The van der Waals surface area contributed by atoms with Gasteiger partial charge in [0.2, 0.25) is 5.82 Å². The number of hydrogen-bond acceptors (Lipinski definition) is 6. The molecule has 0 unspecified atom stereocenters. The summed E-state index contributed by atoms with van der Waals surface area (Å²) in [6, 6.07) is 1.24. The number of anilines is 1. The Balaban J connectivity index is 3.42. The fourth-order valence-corrected chi connectivity index (χ4v) is 2.16. The molecule has 1 aromatic rings. The normalized spacial score (nSPS) is 11.4. The van der Waals surface area contributed by atoms with Gasteiger partial charge in [-0.25, -0.2) is 13.4 Å². The van der Waals surface area contributed by atoms with Crippen molar-refractivity contribution in [1.29, 1.82) is 0 Å². The molecule has 8 heteroatoms. The van der Waals surface area contributed by atoms with E-state index in [0.29, 0.717) is 18.4 Å². The molecule has 0 aliphatic rings. The smallest absolute Gasteiger partial charge is 0.314 e. The summed E-state index contributed by atoms with van der Waals surface area (Å²) in [7, 11) is -3.53. The van der Waals surface area contributed by atoms with Gasteiger partial charge in [0.05, 0.1) is 4.92 Å². The van der Waals surface area contributed by atoms with Crippen LogP contribution in [0.25, 0.3) is 0 Å². The van der Waals surface area contributed by atoms with Gasteiger partial charge in [-0.1, -0.05) is 13.3 Å². The molecule has 0 atom stereocenters. The Kier molecular flexibility index (Phi) is 4.23. The minimum absolute atomic E-state index is 0.225. The van der Waals surface area contributed by atoms with Crippen LogP contribution in [0.4, 0.5) is 11.5 Å². The van der Waals surface area contributed by atoms with Gasteiger partial charge in [-0.2, -0.15) is 0 Å².